The number of hydrogen-bond donors (Lipinski definition) is 2. The number of aromatic carboxylic acids is 1. The van der Waals surface area contributed by atoms with Gasteiger partial charge in [-0.1, -0.05) is 0 Å². The van der Waals surface area contributed by atoms with Gasteiger partial charge < -0.3 is 14.8 Å². The lowest BCUT2D eigenvalue weighted by atomic mass is 10.3. The molecule has 70 valence electrons. The van der Waals surface area contributed by atoms with E-state index < -0.39 is 17.4 Å². The van der Waals surface area contributed by atoms with Crippen molar-refractivity contribution in [2.45, 2.75) is 6.92 Å². The molecule has 0 spiro atoms. The number of aromatic nitrogens is 2. The summed E-state index contributed by atoms with van der Waals surface area (Å²) in [5.41, 5.74) is -0.253. The summed E-state index contributed by atoms with van der Waals surface area (Å²) in [4.78, 5) is 27.2. The van der Waals surface area contributed by atoms with Gasteiger partial charge in [-0.2, -0.15) is 4.98 Å². The highest BCUT2D eigenvalue weighted by Gasteiger charge is 2.11. The number of carboxylic acids is 1. The van der Waals surface area contributed by atoms with Crippen LogP contribution in [0.3, 0.4) is 0 Å². The Morgan fingerprint density at radius 3 is 2.69 bits per heavy atom. The van der Waals surface area contributed by atoms with Crippen LogP contribution >= 0.6 is 0 Å². The molecular formula is C7H8N2O4. The monoisotopic (exact) mass is 184 g/mol. The summed E-state index contributed by atoms with van der Waals surface area (Å²) in [6.45, 7) is 1.50. The van der Waals surface area contributed by atoms with Gasteiger partial charge in [0.1, 0.15) is 0 Å². The van der Waals surface area contributed by atoms with E-state index >= 15 is 0 Å². The molecule has 0 aliphatic carbocycles. The van der Waals surface area contributed by atoms with E-state index in [0.717, 1.165) is 0 Å². The van der Waals surface area contributed by atoms with Gasteiger partial charge in [0, 0.05) is 0 Å². The van der Waals surface area contributed by atoms with Crippen LogP contribution in [0.15, 0.2) is 4.79 Å². The number of methoxy groups -OCH3 is 1. The highest BCUT2D eigenvalue weighted by atomic mass is 16.5. The standard InChI is InChI=1S/C7H8N2O4/c1-3-5(10)8-4(7(11)12)9-6(3)13-2/h1-2H3,(H,11,12)(H,8,9,10). The molecular weight excluding hydrogens is 176 g/mol. The van der Waals surface area contributed by atoms with Crippen LogP contribution in [0, 0.1) is 6.92 Å². The molecule has 0 saturated heterocycles. The highest BCUT2D eigenvalue weighted by Crippen LogP contribution is 2.07. The molecule has 0 aliphatic rings. The molecule has 1 rings (SSSR count). The molecule has 2 N–H and O–H groups in total. The Labute approximate surface area is 73.2 Å². The molecule has 0 aliphatic heterocycles. The molecule has 0 atom stereocenters. The first-order chi connectivity index (χ1) is 6.06. The van der Waals surface area contributed by atoms with Crippen molar-refractivity contribution in [2.24, 2.45) is 0 Å². The second kappa shape index (κ2) is 3.26. The molecule has 13 heavy (non-hydrogen) atoms. The van der Waals surface area contributed by atoms with Crippen molar-refractivity contribution in [3.63, 3.8) is 0 Å². The third kappa shape index (κ3) is 1.66. The molecule has 1 aromatic rings. The Morgan fingerprint density at radius 1 is 1.62 bits per heavy atom. The zero-order chi connectivity index (χ0) is 10.0. The fourth-order valence-corrected chi connectivity index (χ4v) is 0.812. The summed E-state index contributed by atoms with van der Waals surface area (Å²) < 4.78 is 4.72. The van der Waals surface area contributed by atoms with Crippen LogP contribution < -0.4 is 10.3 Å². The Morgan fingerprint density at radius 2 is 2.23 bits per heavy atom. The van der Waals surface area contributed by atoms with Crippen molar-refractivity contribution in [1.82, 2.24) is 9.97 Å². The molecule has 0 amide bonds. The van der Waals surface area contributed by atoms with Crippen LogP contribution in [0.2, 0.25) is 0 Å². The van der Waals surface area contributed by atoms with E-state index in [1.807, 2.05) is 0 Å². The van der Waals surface area contributed by atoms with E-state index in [-0.39, 0.29) is 11.4 Å². The summed E-state index contributed by atoms with van der Waals surface area (Å²) in [5, 5.41) is 8.53. The summed E-state index contributed by atoms with van der Waals surface area (Å²) in [6.07, 6.45) is 0. The van der Waals surface area contributed by atoms with Gasteiger partial charge >= 0.3 is 5.97 Å². The van der Waals surface area contributed by atoms with Crippen LogP contribution in [-0.4, -0.2) is 28.2 Å². The fraction of sp³-hybridized carbons (Fsp3) is 0.286. The third-order valence-corrected chi connectivity index (χ3v) is 1.50. The van der Waals surface area contributed by atoms with Crippen LogP contribution in [0.4, 0.5) is 0 Å². The quantitative estimate of drug-likeness (QED) is 0.663. The minimum atomic E-state index is -1.30. The van der Waals surface area contributed by atoms with Gasteiger partial charge in [-0.25, -0.2) is 4.79 Å². The highest BCUT2D eigenvalue weighted by molar-refractivity contribution is 5.83. The summed E-state index contributed by atoms with van der Waals surface area (Å²) in [7, 11) is 1.32. The Hall–Kier alpha value is -1.85. The molecule has 6 heteroatoms. The SMILES string of the molecule is COc1nc(C(=O)O)[nH]c(=O)c1C. The second-order valence-electron chi connectivity index (χ2n) is 2.35. The summed E-state index contributed by atoms with van der Waals surface area (Å²) >= 11 is 0. The van der Waals surface area contributed by atoms with Crippen molar-refractivity contribution in [1.29, 1.82) is 0 Å². The van der Waals surface area contributed by atoms with Crippen LogP contribution in [0.5, 0.6) is 5.88 Å². The maximum atomic E-state index is 11.1. The first kappa shape index (κ1) is 9.24. The average Bonchev–Trinajstić information content (AvgIpc) is 2.09. The molecule has 1 aromatic heterocycles. The molecule has 1 heterocycles. The van der Waals surface area contributed by atoms with E-state index in [9.17, 15) is 9.59 Å². The lowest BCUT2D eigenvalue weighted by Crippen LogP contribution is -2.18. The molecule has 0 aromatic carbocycles. The van der Waals surface area contributed by atoms with E-state index in [1.54, 1.807) is 0 Å². The summed E-state index contributed by atoms with van der Waals surface area (Å²) in [5.74, 6) is -1.69. The molecule has 0 bridgehead atoms. The first-order valence-electron chi connectivity index (χ1n) is 3.44. The van der Waals surface area contributed by atoms with Crippen LogP contribution in [0.1, 0.15) is 16.2 Å². The van der Waals surface area contributed by atoms with E-state index in [2.05, 4.69) is 9.97 Å². The van der Waals surface area contributed by atoms with E-state index in [0.29, 0.717) is 0 Å². The summed E-state index contributed by atoms with van der Waals surface area (Å²) in [6, 6.07) is 0. The maximum absolute atomic E-state index is 11.1. The molecule has 6 nitrogen and oxygen atoms in total. The predicted molar refractivity (Wildman–Crippen MR) is 43.1 cm³/mol. The minimum absolute atomic E-state index is 0.0288. The average molecular weight is 184 g/mol. The number of nitrogens with zero attached hydrogens (tertiary/aromatic N) is 1. The topological polar surface area (TPSA) is 92.3 Å². The largest absolute Gasteiger partial charge is 0.481 e. The Bertz CT molecular complexity index is 396. The number of aromatic amines is 1. The zero-order valence-corrected chi connectivity index (χ0v) is 7.12. The molecule has 0 radical (unpaired) electrons. The number of H-pyrrole nitrogens is 1. The van der Waals surface area contributed by atoms with E-state index in [4.69, 9.17) is 9.84 Å². The predicted octanol–water partition coefficient (Wildman–Crippen LogP) is -0.215. The van der Waals surface area contributed by atoms with Gasteiger partial charge in [0.25, 0.3) is 5.56 Å². The van der Waals surface area contributed by atoms with Crippen LogP contribution in [0.25, 0.3) is 0 Å². The Kier molecular flexibility index (Phi) is 2.32. The zero-order valence-electron chi connectivity index (χ0n) is 7.12. The van der Waals surface area contributed by atoms with Gasteiger partial charge in [-0.3, -0.25) is 4.79 Å². The van der Waals surface area contributed by atoms with Gasteiger partial charge in [-0.15, -0.1) is 0 Å². The van der Waals surface area contributed by atoms with Gasteiger partial charge in [0.15, 0.2) is 0 Å². The smallest absolute Gasteiger partial charge is 0.372 e. The minimum Gasteiger partial charge on any atom is -0.481 e. The molecule has 0 saturated carbocycles. The lowest BCUT2D eigenvalue weighted by molar-refractivity contribution is 0.0682. The number of rotatable bonds is 2. The maximum Gasteiger partial charge on any atom is 0.372 e. The van der Waals surface area contributed by atoms with Crippen molar-refractivity contribution in [2.75, 3.05) is 7.11 Å². The van der Waals surface area contributed by atoms with Gasteiger partial charge in [0.05, 0.1) is 12.7 Å². The number of ether oxygens (including phenoxy) is 1. The first-order valence-corrected chi connectivity index (χ1v) is 3.44. The van der Waals surface area contributed by atoms with Gasteiger partial charge in [0.2, 0.25) is 11.7 Å². The lowest BCUT2D eigenvalue weighted by Gasteiger charge is -2.02. The van der Waals surface area contributed by atoms with Crippen molar-refractivity contribution >= 4 is 5.97 Å². The van der Waals surface area contributed by atoms with Crippen LogP contribution in [-0.2, 0) is 0 Å². The second-order valence-corrected chi connectivity index (χ2v) is 2.35. The van der Waals surface area contributed by atoms with Crippen molar-refractivity contribution in [3.05, 3.63) is 21.7 Å². The Balaban J connectivity index is 3.39. The number of hydrogen-bond acceptors (Lipinski definition) is 4. The molecule has 0 unspecified atom stereocenters. The normalized spacial score (nSPS) is 9.69. The number of nitrogens with one attached hydrogen (secondary N) is 1. The third-order valence-electron chi connectivity index (χ3n) is 1.50. The number of carbonyl (C=O) groups is 1. The van der Waals surface area contributed by atoms with E-state index in [1.165, 1.54) is 14.0 Å². The van der Waals surface area contributed by atoms with Gasteiger partial charge in [-0.05, 0) is 6.92 Å². The van der Waals surface area contributed by atoms with Crippen molar-refractivity contribution < 1.29 is 14.6 Å². The molecule has 0 fully saturated rings. The van der Waals surface area contributed by atoms with Crippen molar-refractivity contribution in [3.8, 4) is 5.88 Å². The fourth-order valence-electron chi connectivity index (χ4n) is 0.812. The number of carboxylic acid groups (broad SMARTS) is 1.